The van der Waals surface area contributed by atoms with E-state index in [1.165, 1.54) is 110 Å². The second kappa shape index (κ2) is 31.2. The van der Waals surface area contributed by atoms with Crippen LogP contribution in [0.5, 0.6) is 11.5 Å². The third kappa shape index (κ3) is 23.6. The number of unbranched alkanes of at least 4 members (excludes halogenated alkanes) is 20. The van der Waals surface area contributed by atoms with Crippen molar-refractivity contribution in [3.63, 3.8) is 0 Å². The van der Waals surface area contributed by atoms with Gasteiger partial charge in [0.1, 0.15) is 11.5 Å². The summed E-state index contributed by atoms with van der Waals surface area (Å²) in [6.45, 7) is 9.95. The largest absolute Gasteiger partial charge is 0.527 e. The van der Waals surface area contributed by atoms with E-state index in [0.29, 0.717) is 11.5 Å². The molecule has 57 heavy (non-hydrogen) atoms. The zero-order valence-electron chi connectivity index (χ0n) is 36.8. The van der Waals surface area contributed by atoms with Crippen LogP contribution in [0.2, 0.25) is 0 Å². The Hall–Kier alpha value is -1.66. The van der Waals surface area contributed by atoms with E-state index in [4.69, 9.17) is 18.1 Å². The molecule has 0 aromatic heterocycles. The topological polar surface area (TPSA) is 112 Å². The molecule has 8 nitrogen and oxygen atoms in total. The molecule has 10 heteroatoms. The fourth-order valence-electron chi connectivity index (χ4n) is 7.54. The van der Waals surface area contributed by atoms with Crippen LogP contribution in [-0.2, 0) is 43.9 Å². The van der Waals surface area contributed by atoms with E-state index in [1.54, 1.807) is 12.1 Å². The van der Waals surface area contributed by atoms with Gasteiger partial charge in [-0.15, -0.1) is 0 Å². The Labute approximate surface area is 348 Å². The first-order valence-electron chi connectivity index (χ1n) is 23.1. The minimum Gasteiger partial charge on any atom is -0.404 e. The van der Waals surface area contributed by atoms with E-state index in [9.17, 15) is 18.9 Å². The Morgan fingerprint density at radius 3 is 1.19 bits per heavy atom. The Balaban J connectivity index is 2.08. The molecule has 0 aliphatic carbocycles. The van der Waals surface area contributed by atoms with Crippen LogP contribution in [0.15, 0.2) is 36.4 Å². The molecule has 2 aromatic carbocycles. The minimum atomic E-state index is -4.61. The van der Waals surface area contributed by atoms with Crippen LogP contribution >= 0.6 is 15.6 Å². The SMILES string of the molecule is CCCCCCCCc1cccc(OP(=O)(O)OCC(C)OP(=O)(O)Oc2cccc(CCCCCCCC)c2CCCCCCCC)c1CCCCCCCC. The fraction of sp³-hybridized carbons (Fsp3) is 0.745. The molecule has 0 aliphatic heterocycles. The van der Waals surface area contributed by atoms with Crippen LogP contribution in [0.3, 0.4) is 0 Å². The Morgan fingerprint density at radius 1 is 0.474 bits per heavy atom. The van der Waals surface area contributed by atoms with Crippen molar-refractivity contribution in [1.82, 2.24) is 0 Å². The molecule has 0 bridgehead atoms. The van der Waals surface area contributed by atoms with E-state index < -0.39 is 28.4 Å². The number of benzene rings is 2. The molecule has 0 spiro atoms. The van der Waals surface area contributed by atoms with Crippen LogP contribution in [0.1, 0.15) is 211 Å². The molecule has 3 unspecified atom stereocenters. The lowest BCUT2D eigenvalue weighted by Crippen LogP contribution is -2.17. The Morgan fingerprint density at radius 2 is 0.807 bits per heavy atom. The molecule has 0 amide bonds. The van der Waals surface area contributed by atoms with E-state index in [2.05, 4.69) is 39.8 Å². The maximum absolute atomic E-state index is 13.4. The molecule has 0 saturated carbocycles. The number of phosphoric acid groups is 2. The van der Waals surface area contributed by atoms with E-state index in [1.807, 2.05) is 12.1 Å². The Bertz CT molecular complexity index is 1420. The first kappa shape index (κ1) is 51.5. The van der Waals surface area contributed by atoms with Gasteiger partial charge in [0.05, 0.1) is 12.7 Å². The summed E-state index contributed by atoms with van der Waals surface area (Å²) in [6, 6.07) is 11.4. The monoisotopic (exact) mass is 837 g/mol. The number of phosphoric ester groups is 2. The summed E-state index contributed by atoms with van der Waals surface area (Å²) in [6.07, 6.45) is 30.4. The van der Waals surface area contributed by atoms with Crippen molar-refractivity contribution in [3.8, 4) is 11.5 Å². The highest BCUT2D eigenvalue weighted by atomic mass is 31.2. The van der Waals surface area contributed by atoms with Gasteiger partial charge in [-0.2, -0.15) is 0 Å². The third-order valence-corrected chi connectivity index (χ3v) is 12.8. The van der Waals surface area contributed by atoms with Crippen LogP contribution < -0.4 is 9.05 Å². The van der Waals surface area contributed by atoms with Crippen molar-refractivity contribution in [1.29, 1.82) is 0 Å². The molecule has 2 rings (SSSR count). The van der Waals surface area contributed by atoms with Crippen LogP contribution in [-0.4, -0.2) is 22.5 Å². The highest BCUT2D eigenvalue weighted by Crippen LogP contribution is 2.49. The quantitative estimate of drug-likeness (QED) is 0.0511. The molecule has 2 N–H and O–H groups in total. The maximum atomic E-state index is 13.4. The summed E-state index contributed by atoms with van der Waals surface area (Å²) in [5.41, 5.74) is 4.23. The van der Waals surface area contributed by atoms with E-state index in [-0.39, 0.29) is 0 Å². The summed E-state index contributed by atoms with van der Waals surface area (Å²) in [5.74, 6) is 0.724. The average molecular weight is 837 g/mol. The first-order valence-corrected chi connectivity index (χ1v) is 26.1. The molecule has 2 aromatic rings. The number of rotatable bonds is 37. The summed E-state index contributed by atoms with van der Waals surface area (Å²) >= 11 is 0. The summed E-state index contributed by atoms with van der Waals surface area (Å²) in [5, 5.41) is 0. The highest BCUT2D eigenvalue weighted by molar-refractivity contribution is 7.48. The molecule has 0 fully saturated rings. The zero-order valence-corrected chi connectivity index (χ0v) is 38.6. The van der Waals surface area contributed by atoms with Crippen LogP contribution in [0.4, 0.5) is 0 Å². The van der Waals surface area contributed by atoms with Crippen molar-refractivity contribution in [2.24, 2.45) is 0 Å². The molecule has 328 valence electrons. The van der Waals surface area contributed by atoms with Crippen molar-refractivity contribution in [2.45, 2.75) is 221 Å². The van der Waals surface area contributed by atoms with Crippen molar-refractivity contribution in [2.75, 3.05) is 6.61 Å². The smallest absolute Gasteiger partial charge is 0.404 e. The molecular formula is C47H82O8P2. The van der Waals surface area contributed by atoms with E-state index in [0.717, 1.165) is 99.3 Å². The summed E-state index contributed by atoms with van der Waals surface area (Å²) in [4.78, 5) is 21.8. The lowest BCUT2D eigenvalue weighted by Gasteiger charge is -2.22. The van der Waals surface area contributed by atoms with Crippen molar-refractivity contribution in [3.05, 3.63) is 58.7 Å². The highest BCUT2D eigenvalue weighted by Gasteiger charge is 2.31. The number of hydrogen-bond acceptors (Lipinski definition) is 6. The predicted molar refractivity (Wildman–Crippen MR) is 239 cm³/mol. The maximum Gasteiger partial charge on any atom is 0.527 e. The van der Waals surface area contributed by atoms with Gasteiger partial charge in [-0.3, -0.25) is 18.8 Å². The summed E-state index contributed by atoms with van der Waals surface area (Å²) < 4.78 is 49.1. The van der Waals surface area contributed by atoms with Crippen LogP contribution in [0, 0.1) is 0 Å². The van der Waals surface area contributed by atoms with E-state index >= 15 is 0 Å². The van der Waals surface area contributed by atoms with Crippen LogP contribution in [0.25, 0.3) is 0 Å². The van der Waals surface area contributed by atoms with Gasteiger partial charge < -0.3 is 9.05 Å². The second-order valence-electron chi connectivity index (χ2n) is 16.2. The predicted octanol–water partition coefficient (Wildman–Crippen LogP) is 15.4. The molecule has 0 radical (unpaired) electrons. The van der Waals surface area contributed by atoms with Crippen molar-refractivity contribution >= 4 is 15.6 Å². The average Bonchev–Trinajstić information content (AvgIpc) is 3.17. The summed E-state index contributed by atoms with van der Waals surface area (Å²) in [7, 11) is -9.21. The molecular weight excluding hydrogens is 754 g/mol. The number of aryl methyl sites for hydroxylation is 2. The zero-order chi connectivity index (χ0) is 41.6. The standard InChI is InChI=1S/C47H82O8P2/c1-6-10-14-18-22-26-32-42-34-30-38-46(44(42)36-28-24-20-16-12-8-3)54-56(48,49)52-40-41(5)53-57(50,51)55-47-39-31-35-43(33-27-23-19-15-11-7-2)45(47)37-29-25-21-17-13-9-4/h30-31,34-35,38-39,41H,6-29,32-33,36-37,40H2,1-5H3,(H,48,49)(H,50,51). The molecule has 0 saturated heterocycles. The molecule has 3 atom stereocenters. The van der Waals surface area contributed by atoms with Gasteiger partial charge in [-0.25, -0.2) is 9.13 Å². The minimum absolute atomic E-state index is 0.362. The first-order chi connectivity index (χ1) is 27.6. The third-order valence-electron chi connectivity index (χ3n) is 10.8. The normalized spacial score (nSPS) is 14.3. The van der Waals surface area contributed by atoms with Gasteiger partial charge >= 0.3 is 15.6 Å². The van der Waals surface area contributed by atoms with Gasteiger partial charge in [0.15, 0.2) is 0 Å². The lowest BCUT2D eigenvalue weighted by molar-refractivity contribution is 0.0877. The number of hydrogen-bond donors (Lipinski definition) is 2. The molecule has 0 heterocycles. The fourth-order valence-corrected chi connectivity index (χ4v) is 9.39. The van der Waals surface area contributed by atoms with Gasteiger partial charge in [-0.05, 0) is 92.7 Å². The van der Waals surface area contributed by atoms with Gasteiger partial charge in [0.2, 0.25) is 0 Å². The van der Waals surface area contributed by atoms with Gasteiger partial charge in [-0.1, -0.05) is 180 Å². The Kier molecular flexibility index (Phi) is 28.2. The second-order valence-corrected chi connectivity index (χ2v) is 18.9. The van der Waals surface area contributed by atoms with Gasteiger partial charge in [0, 0.05) is 0 Å². The lowest BCUT2D eigenvalue weighted by atomic mass is 9.95. The van der Waals surface area contributed by atoms with Crippen molar-refractivity contribution < 1.29 is 37.0 Å². The van der Waals surface area contributed by atoms with Gasteiger partial charge in [0.25, 0.3) is 0 Å². The molecule has 0 aliphatic rings.